The van der Waals surface area contributed by atoms with Gasteiger partial charge in [0.05, 0.1) is 15.5 Å². The van der Waals surface area contributed by atoms with E-state index in [1.807, 2.05) is 6.92 Å². The summed E-state index contributed by atoms with van der Waals surface area (Å²) >= 11 is 6.01. The van der Waals surface area contributed by atoms with Crippen LogP contribution in [0.3, 0.4) is 0 Å². The molecule has 0 bridgehead atoms. The summed E-state index contributed by atoms with van der Waals surface area (Å²) in [5.41, 5.74) is 1.08. The molecule has 0 saturated heterocycles. The summed E-state index contributed by atoms with van der Waals surface area (Å²) in [5.74, 6) is 0. The first kappa shape index (κ1) is 16.3. The molecule has 6 nitrogen and oxygen atoms in total. The molecule has 0 aliphatic rings. The molecule has 22 heavy (non-hydrogen) atoms. The van der Waals surface area contributed by atoms with Crippen LogP contribution in [0.25, 0.3) is 0 Å². The maximum Gasteiger partial charge on any atom is 0.269 e. The summed E-state index contributed by atoms with van der Waals surface area (Å²) in [5, 5.41) is 11.1. The van der Waals surface area contributed by atoms with Gasteiger partial charge in [0.25, 0.3) is 15.7 Å². The smallest absolute Gasteiger partial charge is 0.269 e. The predicted octanol–water partition coefficient (Wildman–Crippen LogP) is 3.38. The molecule has 0 spiro atoms. The second kappa shape index (κ2) is 5.94. The molecule has 0 heterocycles. The zero-order valence-electron chi connectivity index (χ0n) is 11.9. The third kappa shape index (κ3) is 3.05. The summed E-state index contributed by atoms with van der Waals surface area (Å²) < 4.78 is 26.1. The van der Waals surface area contributed by atoms with E-state index >= 15 is 0 Å². The SMILES string of the molecule is Cc1ccc(N(C)S(=O)(=O)c2ccc([N+](=O)[O-])cc2)cc1Cl. The first-order valence-corrected chi connectivity index (χ1v) is 8.05. The minimum Gasteiger partial charge on any atom is -0.269 e. The lowest BCUT2D eigenvalue weighted by Gasteiger charge is -2.20. The molecule has 0 amide bonds. The minimum absolute atomic E-state index is 0.0303. The minimum atomic E-state index is -3.81. The molecule has 0 unspecified atom stereocenters. The van der Waals surface area contributed by atoms with Crippen LogP contribution in [-0.2, 0) is 10.0 Å². The number of hydrogen-bond donors (Lipinski definition) is 0. The molecular weight excluding hydrogens is 328 g/mol. The van der Waals surface area contributed by atoms with Crippen molar-refractivity contribution in [3.63, 3.8) is 0 Å². The lowest BCUT2D eigenvalue weighted by Crippen LogP contribution is -2.26. The Bertz CT molecular complexity index is 819. The molecule has 0 radical (unpaired) electrons. The van der Waals surface area contributed by atoms with E-state index in [4.69, 9.17) is 11.6 Å². The summed E-state index contributed by atoms with van der Waals surface area (Å²) in [6, 6.07) is 9.65. The zero-order chi connectivity index (χ0) is 16.5. The molecule has 0 N–H and O–H groups in total. The molecule has 0 aliphatic carbocycles. The van der Waals surface area contributed by atoms with Crippen molar-refractivity contribution in [1.29, 1.82) is 0 Å². The lowest BCUT2D eigenvalue weighted by molar-refractivity contribution is -0.384. The Morgan fingerprint density at radius 2 is 1.73 bits per heavy atom. The number of anilines is 1. The van der Waals surface area contributed by atoms with Gasteiger partial charge in [0.15, 0.2) is 0 Å². The molecule has 2 aromatic rings. The third-order valence-corrected chi connectivity index (χ3v) is 5.43. The van der Waals surface area contributed by atoms with Crippen molar-refractivity contribution in [3.8, 4) is 0 Å². The van der Waals surface area contributed by atoms with Gasteiger partial charge in [-0.15, -0.1) is 0 Å². The van der Waals surface area contributed by atoms with E-state index in [0.717, 1.165) is 22.0 Å². The molecular formula is C14H13ClN2O4S. The molecule has 0 atom stereocenters. The van der Waals surface area contributed by atoms with Crippen molar-refractivity contribution in [2.75, 3.05) is 11.4 Å². The van der Waals surface area contributed by atoms with Crippen molar-refractivity contribution < 1.29 is 13.3 Å². The normalized spacial score (nSPS) is 11.2. The van der Waals surface area contributed by atoms with Crippen LogP contribution in [0.15, 0.2) is 47.4 Å². The van der Waals surface area contributed by atoms with E-state index < -0.39 is 14.9 Å². The fourth-order valence-electron chi connectivity index (χ4n) is 1.81. The monoisotopic (exact) mass is 340 g/mol. The molecule has 0 fully saturated rings. The van der Waals surface area contributed by atoms with E-state index in [1.165, 1.54) is 19.2 Å². The third-order valence-electron chi connectivity index (χ3n) is 3.22. The van der Waals surface area contributed by atoms with E-state index in [0.29, 0.717) is 10.7 Å². The zero-order valence-corrected chi connectivity index (χ0v) is 13.4. The Morgan fingerprint density at radius 1 is 1.14 bits per heavy atom. The standard InChI is InChI=1S/C14H13ClN2O4S/c1-10-3-4-12(9-14(10)15)16(2)22(20,21)13-7-5-11(6-8-13)17(18)19/h3-9H,1-2H3. The highest BCUT2D eigenvalue weighted by molar-refractivity contribution is 7.92. The van der Waals surface area contributed by atoms with Crippen LogP contribution in [0, 0.1) is 17.0 Å². The number of aryl methyl sites for hydroxylation is 1. The van der Waals surface area contributed by atoms with Crippen LogP contribution in [-0.4, -0.2) is 20.4 Å². The molecule has 2 aromatic carbocycles. The number of halogens is 1. The van der Waals surface area contributed by atoms with Gasteiger partial charge in [-0.2, -0.15) is 0 Å². The van der Waals surface area contributed by atoms with Crippen LogP contribution < -0.4 is 4.31 Å². The first-order valence-electron chi connectivity index (χ1n) is 6.23. The molecule has 116 valence electrons. The molecule has 0 aromatic heterocycles. The van der Waals surface area contributed by atoms with Gasteiger partial charge in [0.2, 0.25) is 0 Å². The topological polar surface area (TPSA) is 80.5 Å². The van der Waals surface area contributed by atoms with Crippen LogP contribution in [0.1, 0.15) is 5.56 Å². The fraction of sp³-hybridized carbons (Fsp3) is 0.143. The first-order chi connectivity index (χ1) is 10.2. The van der Waals surface area contributed by atoms with Crippen molar-refractivity contribution in [2.45, 2.75) is 11.8 Å². The van der Waals surface area contributed by atoms with E-state index in [9.17, 15) is 18.5 Å². The van der Waals surface area contributed by atoms with Crippen molar-refractivity contribution in [2.24, 2.45) is 0 Å². The summed E-state index contributed by atoms with van der Waals surface area (Å²) in [6.07, 6.45) is 0. The second-order valence-electron chi connectivity index (χ2n) is 4.66. The largest absolute Gasteiger partial charge is 0.269 e. The predicted molar refractivity (Wildman–Crippen MR) is 84.9 cm³/mol. The number of nitro benzene ring substituents is 1. The quantitative estimate of drug-likeness (QED) is 0.631. The van der Waals surface area contributed by atoms with Crippen LogP contribution in [0.5, 0.6) is 0 Å². The van der Waals surface area contributed by atoms with Crippen LogP contribution >= 0.6 is 11.6 Å². The number of non-ortho nitro benzene ring substituents is 1. The average molecular weight is 341 g/mol. The molecule has 0 saturated carbocycles. The van der Waals surface area contributed by atoms with Gasteiger partial charge in [-0.05, 0) is 36.8 Å². The Balaban J connectivity index is 2.40. The van der Waals surface area contributed by atoms with Gasteiger partial charge < -0.3 is 0 Å². The summed E-state index contributed by atoms with van der Waals surface area (Å²) in [4.78, 5) is 10.0. The van der Waals surface area contributed by atoms with E-state index in [1.54, 1.807) is 18.2 Å². The number of nitrogens with zero attached hydrogens (tertiary/aromatic N) is 2. The highest BCUT2D eigenvalue weighted by atomic mass is 35.5. The highest BCUT2D eigenvalue weighted by Gasteiger charge is 2.22. The maximum atomic E-state index is 12.5. The van der Waals surface area contributed by atoms with Crippen molar-refractivity contribution in [1.82, 2.24) is 0 Å². The number of rotatable bonds is 4. The van der Waals surface area contributed by atoms with Gasteiger partial charge in [0.1, 0.15) is 0 Å². The molecule has 8 heteroatoms. The Kier molecular flexibility index (Phi) is 4.39. The number of hydrogen-bond acceptors (Lipinski definition) is 4. The second-order valence-corrected chi connectivity index (χ2v) is 7.03. The molecule has 0 aliphatic heterocycles. The van der Waals surface area contributed by atoms with Crippen LogP contribution in [0.2, 0.25) is 5.02 Å². The Morgan fingerprint density at radius 3 is 2.23 bits per heavy atom. The summed E-state index contributed by atoms with van der Waals surface area (Å²) in [7, 11) is -2.41. The number of nitro groups is 1. The van der Waals surface area contributed by atoms with Gasteiger partial charge in [0, 0.05) is 24.2 Å². The van der Waals surface area contributed by atoms with Gasteiger partial charge in [-0.1, -0.05) is 17.7 Å². The van der Waals surface area contributed by atoms with Crippen molar-refractivity contribution in [3.05, 3.63) is 63.2 Å². The van der Waals surface area contributed by atoms with E-state index in [2.05, 4.69) is 0 Å². The summed E-state index contributed by atoms with van der Waals surface area (Å²) in [6.45, 7) is 1.82. The van der Waals surface area contributed by atoms with Crippen molar-refractivity contribution >= 4 is 33.0 Å². The fourth-order valence-corrected chi connectivity index (χ4v) is 3.18. The van der Waals surface area contributed by atoms with E-state index in [-0.39, 0.29) is 10.6 Å². The lowest BCUT2D eigenvalue weighted by atomic mass is 10.2. The average Bonchev–Trinajstić information content (AvgIpc) is 2.49. The number of sulfonamides is 1. The van der Waals surface area contributed by atoms with Gasteiger partial charge in [-0.3, -0.25) is 14.4 Å². The Labute approximate surface area is 133 Å². The maximum absolute atomic E-state index is 12.5. The van der Waals surface area contributed by atoms with Gasteiger partial charge in [-0.25, -0.2) is 8.42 Å². The van der Waals surface area contributed by atoms with Gasteiger partial charge >= 0.3 is 0 Å². The highest BCUT2D eigenvalue weighted by Crippen LogP contribution is 2.27. The Hall–Kier alpha value is -2.12. The van der Waals surface area contributed by atoms with Crippen LogP contribution in [0.4, 0.5) is 11.4 Å². The molecule has 2 rings (SSSR count). The number of benzene rings is 2.